The van der Waals surface area contributed by atoms with Crippen LogP contribution in [0.2, 0.25) is 0 Å². The lowest BCUT2D eigenvalue weighted by Gasteiger charge is -2.29. The number of thiophene rings is 1. The van der Waals surface area contributed by atoms with Gasteiger partial charge in [-0.25, -0.2) is 0 Å². The molecule has 1 amide bonds. The van der Waals surface area contributed by atoms with Gasteiger partial charge in [0.25, 0.3) is 5.91 Å². The van der Waals surface area contributed by atoms with Gasteiger partial charge in [0.05, 0.1) is 11.5 Å². The molecule has 0 aromatic carbocycles. The molecule has 0 atom stereocenters. The molecule has 0 saturated heterocycles. The molecule has 1 aromatic heterocycles. The van der Waals surface area contributed by atoms with Crippen molar-refractivity contribution in [2.75, 3.05) is 13.2 Å². The van der Waals surface area contributed by atoms with Gasteiger partial charge in [0.2, 0.25) is 0 Å². The molecule has 0 saturated carbocycles. The van der Waals surface area contributed by atoms with Crippen LogP contribution < -0.4 is 0 Å². The zero-order valence-electron chi connectivity index (χ0n) is 12.5. The van der Waals surface area contributed by atoms with Crippen molar-refractivity contribution in [1.29, 1.82) is 0 Å². The van der Waals surface area contributed by atoms with E-state index in [1.807, 2.05) is 4.90 Å². The molecule has 0 fully saturated rings. The molecule has 0 radical (unpaired) electrons. The number of hydrogen-bond donors (Lipinski definition) is 1. The predicted octanol–water partition coefficient (Wildman–Crippen LogP) is 3.25. The number of aliphatic hydroxyl groups excluding tert-OH is 1. The minimum Gasteiger partial charge on any atom is -0.395 e. The number of nitrogens with zero attached hydrogens (tertiary/aromatic N) is 1. The normalized spacial score (nSPS) is 14.4. The Morgan fingerprint density at radius 3 is 2.65 bits per heavy atom. The number of aliphatic hydroxyl groups is 1. The van der Waals surface area contributed by atoms with Crippen molar-refractivity contribution in [3.05, 3.63) is 21.4 Å². The number of carbonyl (C=O) groups excluding carboxylic acids is 1. The zero-order valence-corrected chi connectivity index (χ0v) is 13.3. The van der Waals surface area contributed by atoms with Crippen LogP contribution in [-0.4, -0.2) is 35.1 Å². The Labute approximate surface area is 125 Å². The fourth-order valence-electron chi connectivity index (χ4n) is 3.02. The van der Waals surface area contributed by atoms with Crippen LogP contribution in [-0.2, 0) is 12.8 Å². The van der Waals surface area contributed by atoms with Crippen LogP contribution in [0.4, 0.5) is 0 Å². The standard InChI is InChI=1S/C16H25NO2S/c1-3-13(4-2)17(9-10-18)16(19)15-11-12-7-5-6-8-14(12)20-15/h11,13,18H,3-10H2,1-2H3. The van der Waals surface area contributed by atoms with Crippen molar-refractivity contribution >= 4 is 17.2 Å². The highest BCUT2D eigenvalue weighted by atomic mass is 32.1. The average molecular weight is 295 g/mol. The molecule has 20 heavy (non-hydrogen) atoms. The molecule has 1 N–H and O–H groups in total. The lowest BCUT2D eigenvalue weighted by Crippen LogP contribution is -2.41. The molecule has 4 heteroatoms. The topological polar surface area (TPSA) is 40.5 Å². The Balaban J connectivity index is 2.20. The second-order valence-electron chi connectivity index (χ2n) is 5.46. The van der Waals surface area contributed by atoms with Crippen LogP contribution >= 0.6 is 11.3 Å². The fraction of sp³-hybridized carbons (Fsp3) is 0.688. The molecule has 1 aliphatic carbocycles. The van der Waals surface area contributed by atoms with Gasteiger partial charge in [-0.2, -0.15) is 0 Å². The van der Waals surface area contributed by atoms with Gasteiger partial charge in [-0.1, -0.05) is 13.8 Å². The van der Waals surface area contributed by atoms with E-state index in [1.54, 1.807) is 11.3 Å². The third kappa shape index (κ3) is 3.23. The second-order valence-corrected chi connectivity index (χ2v) is 6.60. The van der Waals surface area contributed by atoms with Gasteiger partial charge in [0.15, 0.2) is 0 Å². The SMILES string of the molecule is CCC(CC)N(CCO)C(=O)c1cc2c(s1)CCCC2. The van der Waals surface area contributed by atoms with E-state index >= 15 is 0 Å². The van der Waals surface area contributed by atoms with Crippen LogP contribution in [0.5, 0.6) is 0 Å². The van der Waals surface area contributed by atoms with Gasteiger partial charge >= 0.3 is 0 Å². The summed E-state index contributed by atoms with van der Waals surface area (Å²) in [5.74, 6) is 0.104. The van der Waals surface area contributed by atoms with Gasteiger partial charge in [0.1, 0.15) is 0 Å². The highest BCUT2D eigenvalue weighted by molar-refractivity contribution is 7.14. The summed E-state index contributed by atoms with van der Waals surface area (Å²) in [5.41, 5.74) is 1.37. The van der Waals surface area contributed by atoms with E-state index in [1.165, 1.54) is 23.3 Å². The van der Waals surface area contributed by atoms with E-state index in [2.05, 4.69) is 19.9 Å². The van der Waals surface area contributed by atoms with Crippen LogP contribution in [0.1, 0.15) is 59.6 Å². The van der Waals surface area contributed by atoms with Crippen molar-refractivity contribution in [1.82, 2.24) is 4.90 Å². The smallest absolute Gasteiger partial charge is 0.264 e. The lowest BCUT2D eigenvalue weighted by molar-refractivity contribution is 0.0627. The molecule has 0 aliphatic heterocycles. The Bertz CT molecular complexity index is 428. The number of aryl methyl sites for hydroxylation is 2. The third-order valence-electron chi connectivity index (χ3n) is 4.19. The number of carbonyl (C=O) groups is 1. The minimum absolute atomic E-state index is 0.0350. The number of hydrogen-bond acceptors (Lipinski definition) is 3. The molecule has 3 nitrogen and oxygen atoms in total. The van der Waals surface area contributed by atoms with E-state index in [0.29, 0.717) is 6.54 Å². The summed E-state index contributed by atoms with van der Waals surface area (Å²) in [6.45, 7) is 4.68. The molecule has 1 aliphatic rings. The first-order valence-corrected chi connectivity index (χ1v) is 8.56. The van der Waals surface area contributed by atoms with Crippen molar-refractivity contribution in [2.24, 2.45) is 0 Å². The summed E-state index contributed by atoms with van der Waals surface area (Å²) in [6, 6.07) is 2.32. The average Bonchev–Trinajstić information content (AvgIpc) is 2.90. The fourth-order valence-corrected chi connectivity index (χ4v) is 4.23. The van der Waals surface area contributed by atoms with E-state index in [0.717, 1.165) is 30.6 Å². The molecule has 1 heterocycles. The minimum atomic E-state index is 0.0350. The van der Waals surface area contributed by atoms with Crippen molar-refractivity contribution in [3.63, 3.8) is 0 Å². The van der Waals surface area contributed by atoms with Gasteiger partial charge in [-0.05, 0) is 50.2 Å². The van der Waals surface area contributed by atoms with Crippen molar-refractivity contribution < 1.29 is 9.90 Å². The van der Waals surface area contributed by atoms with Gasteiger partial charge in [-0.3, -0.25) is 4.79 Å². The molecule has 1 aromatic rings. The van der Waals surface area contributed by atoms with Crippen LogP contribution in [0.3, 0.4) is 0 Å². The molecule has 2 rings (SSSR count). The summed E-state index contributed by atoms with van der Waals surface area (Å²) >= 11 is 1.66. The van der Waals surface area contributed by atoms with Crippen molar-refractivity contribution in [3.8, 4) is 0 Å². The summed E-state index contributed by atoms with van der Waals surface area (Å²) in [7, 11) is 0. The van der Waals surface area contributed by atoms with Gasteiger partial charge in [0, 0.05) is 17.5 Å². The highest BCUT2D eigenvalue weighted by Crippen LogP contribution is 2.30. The number of fused-ring (bicyclic) bond motifs is 1. The molecular weight excluding hydrogens is 270 g/mol. The second kappa shape index (κ2) is 7.23. The van der Waals surface area contributed by atoms with E-state index in [9.17, 15) is 9.90 Å². The summed E-state index contributed by atoms with van der Waals surface area (Å²) in [4.78, 5) is 16.9. The first-order chi connectivity index (χ1) is 9.71. The lowest BCUT2D eigenvalue weighted by atomic mass is 9.99. The maximum absolute atomic E-state index is 12.7. The summed E-state index contributed by atoms with van der Waals surface area (Å²) in [6.07, 6.45) is 6.60. The van der Waals surface area contributed by atoms with E-state index < -0.39 is 0 Å². The molecule has 112 valence electrons. The summed E-state index contributed by atoms with van der Waals surface area (Å²) < 4.78 is 0. The third-order valence-corrected chi connectivity index (χ3v) is 5.42. The first-order valence-electron chi connectivity index (χ1n) is 7.74. The maximum Gasteiger partial charge on any atom is 0.264 e. The van der Waals surface area contributed by atoms with Gasteiger partial charge < -0.3 is 10.0 Å². The number of rotatable bonds is 6. The first kappa shape index (κ1) is 15.5. The predicted molar refractivity (Wildman–Crippen MR) is 83.5 cm³/mol. The van der Waals surface area contributed by atoms with Gasteiger partial charge in [-0.15, -0.1) is 11.3 Å². The Morgan fingerprint density at radius 2 is 2.05 bits per heavy atom. The Hall–Kier alpha value is -0.870. The zero-order chi connectivity index (χ0) is 14.5. The highest BCUT2D eigenvalue weighted by Gasteiger charge is 2.25. The van der Waals surface area contributed by atoms with Crippen molar-refractivity contribution in [2.45, 2.75) is 58.4 Å². The monoisotopic (exact) mass is 295 g/mol. The van der Waals surface area contributed by atoms with E-state index in [4.69, 9.17) is 0 Å². The molecular formula is C16H25NO2S. The number of amides is 1. The molecule has 0 spiro atoms. The maximum atomic E-state index is 12.7. The van der Waals surface area contributed by atoms with Crippen LogP contribution in [0.25, 0.3) is 0 Å². The molecule has 0 unspecified atom stereocenters. The Morgan fingerprint density at radius 1 is 1.35 bits per heavy atom. The quantitative estimate of drug-likeness (QED) is 0.875. The van der Waals surface area contributed by atoms with E-state index in [-0.39, 0.29) is 18.6 Å². The van der Waals surface area contributed by atoms with Crippen LogP contribution in [0, 0.1) is 0 Å². The molecule has 0 bridgehead atoms. The largest absolute Gasteiger partial charge is 0.395 e. The summed E-state index contributed by atoms with van der Waals surface area (Å²) in [5, 5.41) is 9.24. The Kier molecular flexibility index (Phi) is 5.61. The van der Waals surface area contributed by atoms with Crippen LogP contribution in [0.15, 0.2) is 6.07 Å².